The standard InChI is InChI=1S/C46H50N7O8S/c1-29(54)51-21-22-60-36(28-51)27-48-41-17-15-37(25-43(41)53(56)57)62(58,59)50-46(55)40-16-12-32(24-44(40)61-35-23-33-18-19-47-45(33)49-26-35)30-10-13-34(14-11-30)52-20-4-7-42(52)39-6-3-2-5-38(39)31-8-9-31/h2-3,5-6,10,12,15-19,23-26,31,34,36,42,48,56H,4,7-9,11,13-14,20-22,27-28H2,1H3,(H,47,49)(H,50,55)/q-1. The third-order valence-electron chi connectivity index (χ3n) is 12.5. The summed E-state index contributed by atoms with van der Waals surface area (Å²) in [6.07, 6.45) is 12.8. The molecule has 1 saturated carbocycles. The highest BCUT2D eigenvalue weighted by atomic mass is 32.2. The number of morpholine rings is 1. The lowest BCUT2D eigenvalue weighted by Crippen LogP contribution is -2.47. The molecular formula is C46H50N7O8S-. The number of hydrogen-bond donors (Lipinski definition) is 4. The number of pyridine rings is 1. The molecule has 3 atom stereocenters. The van der Waals surface area contributed by atoms with E-state index in [9.17, 15) is 28.4 Å². The Kier molecular flexibility index (Phi) is 11.8. The number of amides is 2. The largest absolute Gasteiger partial charge is 0.733 e. The van der Waals surface area contributed by atoms with E-state index in [1.54, 1.807) is 29.3 Å². The second-order valence-corrected chi connectivity index (χ2v) is 18.3. The molecule has 2 amide bonds. The molecule has 3 aromatic carbocycles. The summed E-state index contributed by atoms with van der Waals surface area (Å²) in [4.78, 5) is 37.2. The van der Waals surface area contributed by atoms with Crippen molar-refractivity contribution in [3.05, 3.63) is 119 Å². The fourth-order valence-corrected chi connectivity index (χ4v) is 10.2. The van der Waals surface area contributed by atoms with E-state index in [-0.39, 0.29) is 29.5 Å². The van der Waals surface area contributed by atoms with Gasteiger partial charge in [-0.05, 0) is 122 Å². The van der Waals surface area contributed by atoms with Crippen LogP contribution < -0.4 is 20.0 Å². The van der Waals surface area contributed by atoms with Gasteiger partial charge in [0.25, 0.3) is 15.9 Å². The summed E-state index contributed by atoms with van der Waals surface area (Å²) < 4.78 is 41.7. The maximum Gasteiger partial charge on any atom is 0.268 e. The first-order valence-corrected chi connectivity index (χ1v) is 22.8. The maximum absolute atomic E-state index is 14.0. The second kappa shape index (κ2) is 17.5. The number of benzene rings is 3. The summed E-state index contributed by atoms with van der Waals surface area (Å²) in [5.74, 6) is 0.147. The average Bonchev–Trinajstić information content (AvgIpc) is 3.81. The van der Waals surface area contributed by atoms with Crippen molar-refractivity contribution >= 4 is 49.8 Å². The van der Waals surface area contributed by atoms with Crippen LogP contribution in [0.25, 0.3) is 16.6 Å². The highest BCUT2D eigenvalue weighted by Crippen LogP contribution is 2.47. The smallest absolute Gasteiger partial charge is 0.268 e. The summed E-state index contributed by atoms with van der Waals surface area (Å²) in [7, 11) is -4.58. The molecule has 62 heavy (non-hydrogen) atoms. The van der Waals surface area contributed by atoms with Gasteiger partial charge in [0.1, 0.15) is 17.1 Å². The zero-order valence-corrected chi connectivity index (χ0v) is 35.3. The molecule has 0 bridgehead atoms. The van der Waals surface area contributed by atoms with Gasteiger partial charge in [-0.3, -0.25) is 19.7 Å². The van der Waals surface area contributed by atoms with E-state index in [2.05, 4.69) is 55.2 Å². The molecule has 3 fully saturated rings. The lowest BCUT2D eigenvalue weighted by Gasteiger charge is -2.36. The van der Waals surface area contributed by atoms with Crippen molar-refractivity contribution in [1.82, 2.24) is 24.5 Å². The van der Waals surface area contributed by atoms with E-state index in [1.165, 1.54) is 62.1 Å². The first kappa shape index (κ1) is 41.6. The Morgan fingerprint density at radius 2 is 1.87 bits per heavy atom. The second-order valence-electron chi connectivity index (χ2n) is 16.6. The minimum absolute atomic E-state index is 0.0341. The van der Waals surface area contributed by atoms with Crippen molar-refractivity contribution < 1.29 is 32.7 Å². The van der Waals surface area contributed by atoms with E-state index >= 15 is 0 Å². The number of allylic oxidation sites excluding steroid dienone is 1. The molecule has 0 radical (unpaired) electrons. The monoisotopic (exact) mass is 860 g/mol. The van der Waals surface area contributed by atoms with Crippen LogP contribution >= 0.6 is 0 Å². The number of anilines is 2. The van der Waals surface area contributed by atoms with Gasteiger partial charge in [-0.1, -0.05) is 36.4 Å². The Morgan fingerprint density at radius 1 is 1.03 bits per heavy atom. The summed E-state index contributed by atoms with van der Waals surface area (Å²) in [6, 6.07) is 22.1. The van der Waals surface area contributed by atoms with Gasteiger partial charge in [-0.15, -0.1) is 0 Å². The number of nitrogens with one attached hydrogen (secondary N) is 3. The summed E-state index contributed by atoms with van der Waals surface area (Å²) in [5, 5.41) is 25.6. The third kappa shape index (κ3) is 8.92. The highest BCUT2D eigenvalue weighted by molar-refractivity contribution is 7.90. The number of nitrogens with zero attached hydrogens (tertiary/aromatic N) is 4. The molecule has 4 heterocycles. The van der Waals surface area contributed by atoms with Gasteiger partial charge >= 0.3 is 0 Å². The minimum Gasteiger partial charge on any atom is -0.733 e. The predicted octanol–water partition coefficient (Wildman–Crippen LogP) is 7.48. The number of hydrogen-bond acceptors (Lipinski definition) is 12. The molecule has 16 heteroatoms. The molecule has 3 unspecified atom stereocenters. The van der Waals surface area contributed by atoms with Crippen molar-refractivity contribution in [2.24, 2.45) is 0 Å². The summed E-state index contributed by atoms with van der Waals surface area (Å²) >= 11 is 0. The van der Waals surface area contributed by atoms with Crippen LogP contribution in [0.15, 0.2) is 96.2 Å². The zero-order valence-electron chi connectivity index (χ0n) is 34.5. The number of H-pyrrole nitrogens is 1. The Hall–Kier alpha value is -5.78. The fourth-order valence-electron chi connectivity index (χ4n) is 9.20. The highest BCUT2D eigenvalue weighted by Gasteiger charge is 2.36. The van der Waals surface area contributed by atoms with Crippen LogP contribution in [0.4, 0.5) is 11.4 Å². The number of aromatic nitrogens is 2. The van der Waals surface area contributed by atoms with Crippen molar-refractivity contribution in [3.63, 3.8) is 0 Å². The third-order valence-corrected chi connectivity index (χ3v) is 13.9. The first-order valence-electron chi connectivity index (χ1n) is 21.3. The van der Waals surface area contributed by atoms with Crippen LogP contribution in [-0.2, 0) is 19.6 Å². The predicted molar refractivity (Wildman–Crippen MR) is 235 cm³/mol. The Balaban J connectivity index is 0.940. The number of fused-ring (bicyclic) bond motifs is 1. The summed E-state index contributed by atoms with van der Waals surface area (Å²) in [5.41, 5.74) is 5.36. The van der Waals surface area contributed by atoms with Crippen LogP contribution in [0.5, 0.6) is 11.5 Å². The molecule has 9 rings (SSSR count). The minimum atomic E-state index is -4.58. The van der Waals surface area contributed by atoms with Gasteiger partial charge < -0.3 is 35.1 Å². The van der Waals surface area contributed by atoms with Crippen LogP contribution in [0.2, 0.25) is 0 Å². The van der Waals surface area contributed by atoms with E-state index in [1.807, 2.05) is 12.1 Å². The number of ether oxygens (including phenoxy) is 2. The molecule has 4 aliphatic rings. The molecule has 2 saturated heterocycles. The molecule has 4 N–H and O–H groups in total. The molecule has 2 aliphatic heterocycles. The van der Waals surface area contributed by atoms with Gasteiger partial charge in [0.05, 0.1) is 40.7 Å². The number of likely N-dealkylation sites (tertiary alicyclic amines) is 1. The molecule has 2 aliphatic carbocycles. The zero-order chi connectivity index (χ0) is 43.0. The Bertz CT molecular complexity index is 2630. The topological polar surface area (TPSA) is 192 Å². The lowest BCUT2D eigenvalue weighted by atomic mass is 9.88. The molecule has 2 aromatic heterocycles. The van der Waals surface area contributed by atoms with E-state index in [0.29, 0.717) is 49.1 Å². The van der Waals surface area contributed by atoms with Crippen LogP contribution in [-0.4, -0.2) is 90.1 Å². The Labute approximate surface area is 360 Å². The van der Waals surface area contributed by atoms with Crippen LogP contribution in [0.3, 0.4) is 0 Å². The number of aromatic amines is 1. The van der Waals surface area contributed by atoms with Crippen molar-refractivity contribution in [2.45, 2.75) is 80.9 Å². The maximum atomic E-state index is 14.0. The average molecular weight is 861 g/mol. The van der Waals surface area contributed by atoms with E-state index < -0.39 is 37.8 Å². The SMILES string of the molecule is CC(=O)N1CCOC(CNc2ccc(S(=O)(=O)NC(=O)c3ccc(C4=CCC(N5CCCC5c5ccccc5C5CC5)CC4)cc3Oc3cnc4[nH]ccc4c3)cc2N([O-])O)C1. The number of rotatable bonds is 13. The summed E-state index contributed by atoms with van der Waals surface area (Å²) in [6.45, 7) is 3.86. The quantitative estimate of drug-likeness (QED) is 0.0855. The van der Waals surface area contributed by atoms with Crippen LogP contribution in [0.1, 0.15) is 90.9 Å². The lowest BCUT2D eigenvalue weighted by molar-refractivity contribution is -0.135. The van der Waals surface area contributed by atoms with Gasteiger partial charge in [0.15, 0.2) is 0 Å². The van der Waals surface area contributed by atoms with Gasteiger partial charge in [0.2, 0.25) is 5.91 Å². The van der Waals surface area contributed by atoms with Crippen molar-refractivity contribution in [2.75, 3.05) is 43.3 Å². The molecule has 5 aromatic rings. The van der Waals surface area contributed by atoms with Crippen molar-refractivity contribution in [3.8, 4) is 11.5 Å². The number of sulfonamides is 1. The first-order chi connectivity index (χ1) is 30.0. The normalized spacial score (nSPS) is 20.8. The molecular weight excluding hydrogens is 811 g/mol. The van der Waals surface area contributed by atoms with Crippen LogP contribution in [0, 0.1) is 5.21 Å². The fraction of sp³-hybridized carbons (Fsp3) is 0.370. The van der Waals surface area contributed by atoms with E-state index in [4.69, 9.17) is 9.47 Å². The number of carbonyl (C=O) groups excluding carboxylic acids is 2. The number of carbonyl (C=O) groups is 2. The molecule has 324 valence electrons. The van der Waals surface area contributed by atoms with Crippen molar-refractivity contribution in [1.29, 1.82) is 0 Å². The van der Waals surface area contributed by atoms with Gasteiger partial charge in [-0.2, -0.15) is 0 Å². The molecule has 0 spiro atoms. The molecule has 15 nitrogen and oxygen atoms in total. The Morgan fingerprint density at radius 3 is 2.65 bits per heavy atom. The van der Waals surface area contributed by atoms with Gasteiger partial charge in [0, 0.05) is 50.2 Å². The van der Waals surface area contributed by atoms with E-state index in [0.717, 1.165) is 48.4 Å². The van der Waals surface area contributed by atoms with Gasteiger partial charge in [-0.25, -0.2) is 18.1 Å².